The number of rotatable bonds is 3. The molecule has 8 atom stereocenters. The first kappa shape index (κ1) is 23.5. The molecule has 1 aromatic rings. The van der Waals surface area contributed by atoms with Gasteiger partial charge in [0.05, 0.1) is 12.4 Å². The Morgan fingerprint density at radius 3 is 2.68 bits per heavy atom. The van der Waals surface area contributed by atoms with Crippen molar-refractivity contribution in [2.45, 2.75) is 63.8 Å². The summed E-state index contributed by atoms with van der Waals surface area (Å²) in [5.41, 5.74) is -5.16. The Labute approximate surface area is 203 Å². The zero-order chi connectivity index (χ0) is 24.7. The molecule has 0 aliphatic heterocycles. The predicted molar refractivity (Wildman–Crippen MR) is 124 cm³/mol. The molecule has 8 heteroatoms. The fourth-order valence-corrected chi connectivity index (χ4v) is 8.36. The van der Waals surface area contributed by atoms with Gasteiger partial charge in [-0.05, 0) is 62.8 Å². The van der Waals surface area contributed by atoms with Crippen molar-refractivity contribution in [3.8, 4) is 0 Å². The fourth-order valence-electron chi connectivity index (χ4n) is 7.84. The summed E-state index contributed by atoms with van der Waals surface area (Å²) in [6.45, 7) is 5.36. The second kappa shape index (κ2) is 7.40. The summed E-state index contributed by atoms with van der Waals surface area (Å²) < 4.78 is 28.4. The van der Waals surface area contributed by atoms with Crippen LogP contribution in [-0.4, -0.2) is 39.3 Å². The summed E-state index contributed by atoms with van der Waals surface area (Å²) in [4.78, 5) is 38.1. The lowest BCUT2D eigenvalue weighted by molar-refractivity contribution is -0.216. The van der Waals surface area contributed by atoms with Crippen molar-refractivity contribution in [1.82, 2.24) is 0 Å². The lowest BCUT2D eigenvalue weighted by Gasteiger charge is -2.62. The van der Waals surface area contributed by atoms with Crippen molar-refractivity contribution in [2.75, 3.05) is 0 Å². The number of alkyl halides is 1. The Morgan fingerprint density at radius 2 is 2.03 bits per heavy atom. The van der Waals surface area contributed by atoms with Gasteiger partial charge in [-0.3, -0.25) is 9.59 Å². The minimum Gasteiger partial charge on any atom is -0.457 e. The molecule has 6 nitrogen and oxygen atoms in total. The number of carbonyl (C=O) groups excluding carboxylic acids is 3. The van der Waals surface area contributed by atoms with Crippen LogP contribution in [0.2, 0.25) is 0 Å². The zero-order valence-corrected chi connectivity index (χ0v) is 20.3. The molecule has 1 N–H and O–H groups in total. The third-order valence-corrected chi connectivity index (χ3v) is 9.81. The van der Waals surface area contributed by atoms with Crippen LogP contribution in [0.25, 0.3) is 0 Å². The van der Waals surface area contributed by atoms with Crippen LogP contribution in [0.4, 0.5) is 4.39 Å². The molecule has 4 aliphatic rings. The number of furan rings is 1. The summed E-state index contributed by atoms with van der Waals surface area (Å²) in [6.07, 6.45) is 5.65. The molecule has 1 aromatic heterocycles. The number of esters is 1. The minimum atomic E-state index is -2.03. The van der Waals surface area contributed by atoms with Crippen molar-refractivity contribution in [2.24, 2.45) is 28.6 Å². The van der Waals surface area contributed by atoms with Gasteiger partial charge >= 0.3 is 5.97 Å². The number of fused-ring (bicyclic) bond motifs is 5. The molecular weight excluding hydrogens is 459 g/mol. The maximum absolute atomic E-state index is 17.3. The van der Waals surface area contributed by atoms with E-state index >= 15 is 4.39 Å². The van der Waals surface area contributed by atoms with Crippen molar-refractivity contribution < 1.29 is 33.0 Å². The average molecular weight is 489 g/mol. The molecule has 3 fully saturated rings. The van der Waals surface area contributed by atoms with E-state index in [0.29, 0.717) is 24.8 Å². The van der Waals surface area contributed by atoms with E-state index in [2.05, 4.69) is 12.6 Å². The van der Waals surface area contributed by atoms with Crippen molar-refractivity contribution in [3.63, 3.8) is 0 Å². The summed E-state index contributed by atoms with van der Waals surface area (Å²) in [7, 11) is 0. The summed E-state index contributed by atoms with van der Waals surface area (Å²) in [5.74, 6) is -2.40. The van der Waals surface area contributed by atoms with E-state index < -0.39 is 51.1 Å². The van der Waals surface area contributed by atoms with Gasteiger partial charge < -0.3 is 14.3 Å². The second-order valence-corrected chi connectivity index (χ2v) is 11.2. The zero-order valence-electron chi connectivity index (χ0n) is 19.4. The van der Waals surface area contributed by atoms with Crippen LogP contribution < -0.4 is 0 Å². The average Bonchev–Trinajstić information content (AvgIpc) is 3.37. The number of halogens is 1. The van der Waals surface area contributed by atoms with Crippen LogP contribution in [0.1, 0.15) is 57.0 Å². The molecular formula is C26H29FO6S. The van der Waals surface area contributed by atoms with Crippen LogP contribution in [0, 0.1) is 28.6 Å². The van der Waals surface area contributed by atoms with E-state index in [0.717, 1.165) is 0 Å². The highest BCUT2D eigenvalue weighted by atomic mass is 32.1. The minimum absolute atomic E-state index is 0.0404. The molecule has 0 bridgehead atoms. The maximum atomic E-state index is 17.3. The summed E-state index contributed by atoms with van der Waals surface area (Å²) in [5, 5.41) is 10.8. The van der Waals surface area contributed by atoms with Gasteiger partial charge in [0.25, 0.3) is 0 Å². The first-order valence-electron chi connectivity index (χ1n) is 11.7. The molecule has 3 saturated carbocycles. The van der Waals surface area contributed by atoms with Crippen molar-refractivity contribution >= 4 is 29.5 Å². The van der Waals surface area contributed by atoms with Crippen LogP contribution in [0.15, 0.2) is 46.6 Å². The molecule has 0 amide bonds. The van der Waals surface area contributed by atoms with E-state index in [-0.39, 0.29) is 23.9 Å². The molecule has 182 valence electrons. The van der Waals surface area contributed by atoms with Crippen LogP contribution in [0.3, 0.4) is 0 Å². The second-order valence-electron chi connectivity index (χ2n) is 10.8. The largest absolute Gasteiger partial charge is 0.457 e. The third-order valence-electron chi connectivity index (χ3n) is 9.47. The molecule has 4 unspecified atom stereocenters. The quantitative estimate of drug-likeness (QED) is 0.488. The number of allylic oxidation sites excluding steroid dienone is 4. The van der Waals surface area contributed by atoms with Gasteiger partial charge in [0.15, 0.2) is 17.1 Å². The number of carbonyl (C=O) groups is 3. The van der Waals surface area contributed by atoms with Gasteiger partial charge in [0.2, 0.25) is 10.9 Å². The number of hydrogen-bond acceptors (Lipinski definition) is 6. The normalized spacial score (nSPS) is 45.1. The van der Waals surface area contributed by atoms with Crippen molar-refractivity contribution in [3.05, 3.63) is 48.0 Å². The Hall–Kier alpha value is -2.19. The maximum Gasteiger partial charge on any atom is 0.375 e. The molecule has 0 aromatic carbocycles. The van der Waals surface area contributed by atoms with Gasteiger partial charge in [-0.2, -0.15) is 0 Å². The molecule has 1 heterocycles. The number of aliphatic hydroxyl groups excluding tert-OH is 1. The van der Waals surface area contributed by atoms with Crippen molar-refractivity contribution in [1.29, 1.82) is 0 Å². The predicted octanol–water partition coefficient (Wildman–Crippen LogP) is 4.25. The van der Waals surface area contributed by atoms with Crippen LogP contribution >= 0.6 is 12.6 Å². The van der Waals surface area contributed by atoms with Gasteiger partial charge in [-0.15, -0.1) is 12.6 Å². The number of hydrogen-bond donors (Lipinski definition) is 2. The first-order valence-corrected chi connectivity index (χ1v) is 12.2. The highest BCUT2D eigenvalue weighted by Crippen LogP contribution is 2.71. The van der Waals surface area contributed by atoms with Gasteiger partial charge in [0.1, 0.15) is 0 Å². The molecule has 4 aliphatic carbocycles. The van der Waals surface area contributed by atoms with Gasteiger partial charge in [0, 0.05) is 22.7 Å². The molecule has 34 heavy (non-hydrogen) atoms. The molecule has 5 rings (SSSR count). The Morgan fingerprint density at radius 1 is 1.29 bits per heavy atom. The van der Waals surface area contributed by atoms with Gasteiger partial charge in [-0.25, -0.2) is 9.18 Å². The smallest absolute Gasteiger partial charge is 0.375 e. The Kier molecular flexibility index (Phi) is 5.13. The van der Waals surface area contributed by atoms with Crippen LogP contribution in [0.5, 0.6) is 0 Å². The molecule has 0 spiro atoms. The van der Waals surface area contributed by atoms with E-state index in [4.69, 9.17) is 9.15 Å². The molecule has 0 radical (unpaired) electrons. The van der Waals surface area contributed by atoms with E-state index in [9.17, 15) is 19.5 Å². The topological polar surface area (TPSA) is 93.8 Å². The monoisotopic (exact) mass is 488 g/mol. The number of thiol groups is 1. The number of aliphatic hydroxyl groups is 1. The number of ether oxygens (including phenoxy) is 1. The molecule has 0 saturated heterocycles. The lowest BCUT2D eigenvalue weighted by Crippen LogP contribution is -2.69. The highest BCUT2D eigenvalue weighted by molar-refractivity contribution is 7.96. The third kappa shape index (κ3) is 2.70. The standard InChI is InChI=1S/C26H29FO6S/c1-14-11-18-17-7-6-15-12-16(28)8-9-23(15,2)25(17,27)20(29)13-24(18,3)26(14,22(31)34)33-21(30)19-5-4-10-32-19/h4-5,8-10,12,14,17-18,20,29H,6-7,11,13H2,1-3H3,(H,31,34)/t14?,17-,18-,20?,23-,24-,25?,26?/m0/s1. The van der Waals surface area contributed by atoms with Gasteiger partial charge in [-0.1, -0.05) is 25.5 Å². The highest BCUT2D eigenvalue weighted by Gasteiger charge is 2.77. The lowest BCUT2D eigenvalue weighted by atomic mass is 9.45. The van der Waals surface area contributed by atoms with E-state index in [1.807, 2.05) is 6.92 Å². The van der Waals surface area contributed by atoms with Crippen LogP contribution in [-0.2, 0) is 14.3 Å². The van der Waals surface area contributed by atoms with E-state index in [1.54, 1.807) is 26.0 Å². The first-order chi connectivity index (χ1) is 15.9. The summed E-state index contributed by atoms with van der Waals surface area (Å²) in [6, 6.07) is 3.00. The fraction of sp³-hybridized carbons (Fsp3) is 0.577. The Balaban J connectivity index is 1.60. The number of ketones is 1. The van der Waals surface area contributed by atoms with E-state index in [1.165, 1.54) is 24.5 Å². The Bertz CT molecular complexity index is 1130. The summed E-state index contributed by atoms with van der Waals surface area (Å²) >= 11 is 4.17. The SMILES string of the molecule is CC1C[C@H]2[C@@H]3CCC4=CC(=O)C=C[C@]4(C)C3(F)C(O)C[C@]2(C)C1(OC(=O)c1ccco1)C(=O)S.